The average molecular weight is 343 g/mol. The normalized spacial score (nSPS) is 10.3. The van der Waals surface area contributed by atoms with Crippen molar-refractivity contribution in [2.24, 2.45) is 0 Å². The molecule has 4 heteroatoms. The summed E-state index contributed by atoms with van der Waals surface area (Å²) in [5.41, 5.74) is 6.61. The Morgan fingerprint density at radius 1 is 0.958 bits per heavy atom. The van der Waals surface area contributed by atoms with E-state index in [1.54, 1.807) is 0 Å². The lowest BCUT2D eigenvalue weighted by molar-refractivity contribution is 0.340. The first-order chi connectivity index (χ1) is 11.1. The molecule has 0 aliphatic carbocycles. The van der Waals surface area contributed by atoms with Crippen LogP contribution in [0.4, 0.5) is 11.4 Å². The molecule has 1 N–H and O–H groups in total. The lowest BCUT2D eigenvalue weighted by Gasteiger charge is -2.14. The molecule has 1 aromatic heterocycles. The molecular weight excluding hydrogens is 320 g/mol. The zero-order chi connectivity index (χ0) is 16.4. The highest BCUT2D eigenvalue weighted by molar-refractivity contribution is 5.94. The van der Waals surface area contributed by atoms with Crippen LogP contribution in [0.3, 0.4) is 0 Å². The topological polar surface area (TPSA) is 34.1 Å². The van der Waals surface area contributed by atoms with E-state index in [-0.39, 0.29) is 12.4 Å². The molecule has 2 aromatic carbocycles. The number of hydrogen-bond acceptors (Lipinski definition) is 3. The van der Waals surface area contributed by atoms with E-state index in [9.17, 15) is 0 Å². The maximum Gasteiger partial charge on any atom is 0.120 e. The zero-order valence-electron chi connectivity index (χ0n) is 14.5. The number of hydrogen-bond donors (Lipinski definition) is 1. The van der Waals surface area contributed by atoms with Crippen molar-refractivity contribution in [2.75, 3.05) is 11.9 Å². The molecule has 0 aliphatic heterocycles. The van der Waals surface area contributed by atoms with Crippen LogP contribution in [0.1, 0.15) is 23.7 Å². The first kappa shape index (κ1) is 18.1. The number of nitrogens with zero attached hydrogens (tertiary/aromatic N) is 1. The highest BCUT2D eigenvalue weighted by Gasteiger charge is 2.08. The standard InChI is InChI=1S/C20H22N2O.ClH/c1-5-23-16-8-9-18-17(12-16)20(11-15(4)21-18)22-19-10-13(2)6-7-14(19)3;/h6-12H,5H2,1-4H3,(H,21,22);1H. The van der Waals surface area contributed by atoms with Gasteiger partial charge in [-0.25, -0.2) is 0 Å². The minimum absolute atomic E-state index is 0. The summed E-state index contributed by atoms with van der Waals surface area (Å²) in [6.45, 7) is 8.89. The van der Waals surface area contributed by atoms with Crippen LogP contribution in [0, 0.1) is 20.8 Å². The van der Waals surface area contributed by atoms with Crippen molar-refractivity contribution in [3.8, 4) is 5.75 Å². The van der Waals surface area contributed by atoms with Crippen LogP contribution >= 0.6 is 12.4 Å². The molecular formula is C20H23ClN2O. The van der Waals surface area contributed by atoms with E-state index in [2.05, 4.69) is 54.5 Å². The molecule has 0 bridgehead atoms. The zero-order valence-corrected chi connectivity index (χ0v) is 15.3. The summed E-state index contributed by atoms with van der Waals surface area (Å²) in [6, 6.07) is 14.6. The van der Waals surface area contributed by atoms with Crippen LogP contribution in [-0.4, -0.2) is 11.6 Å². The molecule has 0 radical (unpaired) electrons. The van der Waals surface area contributed by atoms with Crippen LogP contribution in [0.15, 0.2) is 42.5 Å². The molecule has 0 unspecified atom stereocenters. The molecule has 0 atom stereocenters. The van der Waals surface area contributed by atoms with Gasteiger partial charge in [-0.15, -0.1) is 12.4 Å². The van der Waals surface area contributed by atoms with Gasteiger partial charge in [0.25, 0.3) is 0 Å². The van der Waals surface area contributed by atoms with Gasteiger partial charge >= 0.3 is 0 Å². The number of anilines is 2. The number of aryl methyl sites for hydroxylation is 3. The molecule has 0 amide bonds. The fourth-order valence-electron chi connectivity index (χ4n) is 2.71. The van der Waals surface area contributed by atoms with Gasteiger partial charge in [0.1, 0.15) is 5.75 Å². The van der Waals surface area contributed by atoms with Gasteiger partial charge in [0.2, 0.25) is 0 Å². The number of aromatic nitrogens is 1. The van der Waals surface area contributed by atoms with Gasteiger partial charge in [-0.1, -0.05) is 12.1 Å². The maximum atomic E-state index is 5.64. The van der Waals surface area contributed by atoms with Gasteiger partial charge in [-0.05, 0) is 69.2 Å². The van der Waals surface area contributed by atoms with Crippen LogP contribution in [0.2, 0.25) is 0 Å². The van der Waals surface area contributed by atoms with Crippen molar-refractivity contribution < 1.29 is 4.74 Å². The number of pyridine rings is 1. The van der Waals surface area contributed by atoms with E-state index >= 15 is 0 Å². The summed E-state index contributed by atoms with van der Waals surface area (Å²) in [5.74, 6) is 0.870. The third kappa shape index (κ3) is 3.80. The molecule has 3 aromatic rings. The molecule has 0 saturated heterocycles. The highest BCUT2D eigenvalue weighted by Crippen LogP contribution is 2.31. The summed E-state index contributed by atoms with van der Waals surface area (Å²) in [4.78, 5) is 4.62. The Bertz CT molecular complexity index is 862. The fraction of sp³-hybridized carbons (Fsp3) is 0.250. The summed E-state index contributed by atoms with van der Waals surface area (Å²) in [7, 11) is 0. The fourth-order valence-corrected chi connectivity index (χ4v) is 2.71. The molecule has 1 heterocycles. The lowest BCUT2D eigenvalue weighted by atomic mass is 10.1. The largest absolute Gasteiger partial charge is 0.494 e. The molecule has 24 heavy (non-hydrogen) atoms. The van der Waals surface area contributed by atoms with Crippen molar-refractivity contribution in [3.05, 3.63) is 59.3 Å². The van der Waals surface area contributed by atoms with Crippen molar-refractivity contribution in [1.82, 2.24) is 4.98 Å². The van der Waals surface area contributed by atoms with E-state index in [0.29, 0.717) is 6.61 Å². The van der Waals surface area contributed by atoms with Crippen LogP contribution < -0.4 is 10.1 Å². The van der Waals surface area contributed by atoms with Gasteiger partial charge in [-0.3, -0.25) is 4.98 Å². The number of rotatable bonds is 4. The Kier molecular flexibility index (Phi) is 5.68. The number of fused-ring (bicyclic) bond motifs is 1. The first-order valence-corrected chi connectivity index (χ1v) is 7.95. The second kappa shape index (κ2) is 7.54. The summed E-state index contributed by atoms with van der Waals surface area (Å²) < 4.78 is 5.64. The van der Waals surface area contributed by atoms with Gasteiger partial charge in [0.05, 0.1) is 12.1 Å². The average Bonchev–Trinajstić information content (AvgIpc) is 2.51. The van der Waals surface area contributed by atoms with Crippen LogP contribution in [-0.2, 0) is 0 Å². The number of halogens is 1. The number of benzene rings is 2. The quantitative estimate of drug-likeness (QED) is 0.658. The van der Waals surface area contributed by atoms with Gasteiger partial charge < -0.3 is 10.1 Å². The van der Waals surface area contributed by atoms with Crippen molar-refractivity contribution in [2.45, 2.75) is 27.7 Å². The van der Waals surface area contributed by atoms with Crippen LogP contribution in [0.25, 0.3) is 10.9 Å². The summed E-state index contributed by atoms with van der Waals surface area (Å²) >= 11 is 0. The Hall–Kier alpha value is -2.26. The van der Waals surface area contributed by atoms with Crippen molar-refractivity contribution in [1.29, 1.82) is 0 Å². The predicted molar refractivity (Wildman–Crippen MR) is 104 cm³/mol. The number of ether oxygens (including phenoxy) is 1. The molecule has 0 fully saturated rings. The smallest absolute Gasteiger partial charge is 0.120 e. The maximum absolute atomic E-state index is 5.64. The van der Waals surface area contributed by atoms with E-state index in [4.69, 9.17) is 4.74 Å². The molecule has 3 nitrogen and oxygen atoms in total. The molecule has 0 saturated carbocycles. The Morgan fingerprint density at radius 2 is 1.75 bits per heavy atom. The SMILES string of the molecule is CCOc1ccc2nc(C)cc(Nc3cc(C)ccc3C)c2c1.Cl. The van der Waals surface area contributed by atoms with E-state index in [1.807, 2.05) is 26.0 Å². The van der Waals surface area contributed by atoms with Crippen molar-refractivity contribution >= 4 is 34.7 Å². The molecule has 0 aliphatic rings. The van der Waals surface area contributed by atoms with Gasteiger partial charge in [-0.2, -0.15) is 0 Å². The summed E-state index contributed by atoms with van der Waals surface area (Å²) in [5, 5.41) is 4.64. The van der Waals surface area contributed by atoms with Crippen LogP contribution in [0.5, 0.6) is 5.75 Å². The summed E-state index contributed by atoms with van der Waals surface area (Å²) in [6.07, 6.45) is 0. The monoisotopic (exact) mass is 342 g/mol. The molecule has 3 rings (SSSR count). The second-order valence-electron chi connectivity index (χ2n) is 5.87. The van der Waals surface area contributed by atoms with E-state index < -0.39 is 0 Å². The molecule has 0 spiro atoms. The second-order valence-corrected chi connectivity index (χ2v) is 5.87. The third-order valence-corrected chi connectivity index (χ3v) is 3.88. The third-order valence-electron chi connectivity index (χ3n) is 3.88. The van der Waals surface area contributed by atoms with Crippen molar-refractivity contribution in [3.63, 3.8) is 0 Å². The van der Waals surface area contributed by atoms with Gasteiger partial charge in [0.15, 0.2) is 0 Å². The Balaban J connectivity index is 0.00000208. The molecule has 126 valence electrons. The van der Waals surface area contributed by atoms with E-state index in [1.165, 1.54) is 11.1 Å². The predicted octanol–water partition coefficient (Wildman–Crippen LogP) is 5.72. The van der Waals surface area contributed by atoms with E-state index in [0.717, 1.165) is 33.7 Å². The Labute approximate surface area is 149 Å². The minimum atomic E-state index is 0. The number of nitrogens with one attached hydrogen (secondary N) is 1. The minimum Gasteiger partial charge on any atom is -0.494 e. The lowest BCUT2D eigenvalue weighted by Crippen LogP contribution is -1.98. The first-order valence-electron chi connectivity index (χ1n) is 7.95. The Morgan fingerprint density at radius 3 is 2.50 bits per heavy atom. The van der Waals surface area contributed by atoms with Gasteiger partial charge in [0, 0.05) is 22.5 Å². The highest BCUT2D eigenvalue weighted by atomic mass is 35.5.